The predicted molar refractivity (Wildman–Crippen MR) is 63.7 cm³/mol. The van der Waals surface area contributed by atoms with Crippen LogP contribution in [0.25, 0.3) is 0 Å². The molecule has 0 aliphatic rings. The minimum Gasteiger partial charge on any atom is -0.385 e. The summed E-state index contributed by atoms with van der Waals surface area (Å²) in [5, 5.41) is 0.596. The molecule has 71 valence electrons. The number of thiocarbonyl (C=S) groups is 1. The van der Waals surface area contributed by atoms with E-state index in [4.69, 9.17) is 18.0 Å². The summed E-state index contributed by atoms with van der Waals surface area (Å²) in [6.45, 7) is 4.39. The number of hydrogen-bond donors (Lipinski definition) is 1. The molecule has 0 aromatic rings. The molecule has 2 N–H and O–H groups in total. The van der Waals surface area contributed by atoms with Gasteiger partial charge in [-0.2, -0.15) is 0 Å². The first kappa shape index (κ1) is 15.5. The second-order valence-corrected chi connectivity index (χ2v) is 4.92. The number of rotatable bonds is 5. The molecule has 1 unspecified atom stereocenters. The van der Waals surface area contributed by atoms with Crippen molar-refractivity contribution in [2.45, 2.75) is 44.8 Å². The van der Waals surface area contributed by atoms with E-state index in [0.717, 1.165) is 0 Å². The molecule has 3 radical (unpaired) electrons. The largest absolute Gasteiger partial charge is 0.385 e. The van der Waals surface area contributed by atoms with Gasteiger partial charge in [-0.15, -0.1) is 0 Å². The molecule has 0 saturated heterocycles. The van der Waals surface area contributed by atoms with E-state index in [9.17, 15) is 0 Å². The standard InChI is InChI=1S/C8H17NS2.Sb/c1-3-4-5-6-7(2)11-8(9)10;/h7H,3-6H2,1-2H3,(H2,9,10);. The van der Waals surface area contributed by atoms with Crippen LogP contribution >= 0.6 is 24.0 Å². The average molecular weight is 313 g/mol. The number of hydrogen-bond acceptors (Lipinski definition) is 2. The fraction of sp³-hybridized carbons (Fsp3) is 0.875. The Balaban J connectivity index is 0. The first-order valence-electron chi connectivity index (χ1n) is 4.13. The zero-order valence-electron chi connectivity index (χ0n) is 7.75. The van der Waals surface area contributed by atoms with E-state index in [-0.39, 0.29) is 24.4 Å². The van der Waals surface area contributed by atoms with Crippen molar-refractivity contribution in [3.05, 3.63) is 0 Å². The molecule has 0 bridgehead atoms. The number of thioether (sulfide) groups is 1. The SMILES string of the molecule is CCCCCC(C)SC(N)=S.[Sb]. The van der Waals surface area contributed by atoms with E-state index in [1.54, 1.807) is 11.8 Å². The Bertz CT molecular complexity index is 120. The van der Waals surface area contributed by atoms with Crippen LogP contribution in [0.4, 0.5) is 0 Å². The summed E-state index contributed by atoms with van der Waals surface area (Å²) in [4.78, 5) is 0. The third kappa shape index (κ3) is 11.1. The Hall–Kier alpha value is 1.06. The summed E-state index contributed by atoms with van der Waals surface area (Å²) in [7, 11) is 0. The Morgan fingerprint density at radius 2 is 2.08 bits per heavy atom. The van der Waals surface area contributed by atoms with E-state index < -0.39 is 0 Å². The molecule has 0 fully saturated rings. The van der Waals surface area contributed by atoms with Crippen molar-refractivity contribution in [3.8, 4) is 0 Å². The Morgan fingerprint density at radius 1 is 1.50 bits per heavy atom. The van der Waals surface area contributed by atoms with Gasteiger partial charge in [-0.25, -0.2) is 0 Å². The van der Waals surface area contributed by atoms with Crippen LogP contribution in [0.2, 0.25) is 0 Å². The minimum absolute atomic E-state index is 0. The van der Waals surface area contributed by atoms with Gasteiger partial charge >= 0.3 is 0 Å². The summed E-state index contributed by atoms with van der Waals surface area (Å²) in [5.41, 5.74) is 5.39. The molecule has 0 aromatic heterocycles. The van der Waals surface area contributed by atoms with Crippen LogP contribution in [0.3, 0.4) is 0 Å². The first-order valence-corrected chi connectivity index (χ1v) is 5.41. The molecular weight excluding hydrogens is 296 g/mol. The summed E-state index contributed by atoms with van der Waals surface area (Å²) < 4.78 is 0.578. The third-order valence-corrected chi connectivity index (χ3v) is 2.69. The van der Waals surface area contributed by atoms with Crippen LogP contribution in [0, 0.1) is 0 Å². The molecule has 0 aliphatic heterocycles. The van der Waals surface area contributed by atoms with Gasteiger partial charge in [0.05, 0.1) is 0 Å². The molecule has 0 amide bonds. The van der Waals surface area contributed by atoms with E-state index in [1.165, 1.54) is 25.7 Å². The minimum atomic E-state index is 0. The third-order valence-electron chi connectivity index (χ3n) is 1.53. The summed E-state index contributed by atoms with van der Waals surface area (Å²) >= 11 is 6.41. The van der Waals surface area contributed by atoms with Crippen molar-refractivity contribution in [1.82, 2.24) is 0 Å². The quantitative estimate of drug-likeness (QED) is 0.480. The van der Waals surface area contributed by atoms with Crippen LogP contribution in [-0.2, 0) is 0 Å². The average Bonchev–Trinajstić information content (AvgIpc) is 1.86. The van der Waals surface area contributed by atoms with Crippen LogP contribution in [-0.4, -0.2) is 34.0 Å². The van der Waals surface area contributed by atoms with Crippen molar-refractivity contribution in [3.63, 3.8) is 0 Å². The fourth-order valence-electron chi connectivity index (χ4n) is 0.939. The van der Waals surface area contributed by atoms with Crippen molar-refractivity contribution in [2.75, 3.05) is 0 Å². The van der Waals surface area contributed by atoms with Crippen molar-refractivity contribution in [2.24, 2.45) is 5.73 Å². The van der Waals surface area contributed by atoms with E-state index >= 15 is 0 Å². The van der Waals surface area contributed by atoms with Gasteiger partial charge in [-0.1, -0.05) is 57.1 Å². The number of nitrogens with two attached hydrogens (primary N) is 1. The molecule has 1 atom stereocenters. The van der Waals surface area contributed by atoms with Crippen LogP contribution in [0.15, 0.2) is 0 Å². The Labute approximate surface area is 103 Å². The van der Waals surface area contributed by atoms with Crippen LogP contribution in [0.5, 0.6) is 0 Å². The smallest absolute Gasteiger partial charge is 0.131 e. The van der Waals surface area contributed by atoms with Gasteiger partial charge in [0.1, 0.15) is 4.32 Å². The second kappa shape index (κ2) is 10.1. The van der Waals surface area contributed by atoms with Gasteiger partial charge in [0.2, 0.25) is 0 Å². The first-order chi connectivity index (χ1) is 5.16. The monoisotopic (exact) mass is 312 g/mol. The van der Waals surface area contributed by atoms with Gasteiger partial charge in [-0.05, 0) is 6.42 Å². The normalized spacial score (nSPS) is 11.8. The summed E-state index contributed by atoms with van der Waals surface area (Å²) in [6.07, 6.45) is 5.13. The van der Waals surface area contributed by atoms with Gasteiger partial charge in [0.25, 0.3) is 0 Å². The molecule has 0 rings (SSSR count). The molecule has 0 heterocycles. The Kier molecular flexibility index (Phi) is 13.1. The van der Waals surface area contributed by atoms with Crippen LogP contribution < -0.4 is 5.73 Å². The molecular formula is C8H17NS2Sb. The van der Waals surface area contributed by atoms with Gasteiger partial charge < -0.3 is 5.73 Å². The molecule has 0 aliphatic carbocycles. The molecule has 1 nitrogen and oxygen atoms in total. The maximum atomic E-state index is 5.39. The zero-order valence-corrected chi connectivity index (χ0v) is 11.9. The molecule has 0 saturated carbocycles. The van der Waals surface area contributed by atoms with E-state index in [0.29, 0.717) is 9.57 Å². The predicted octanol–water partition coefficient (Wildman–Crippen LogP) is 2.55. The second-order valence-electron chi connectivity index (χ2n) is 2.74. The topological polar surface area (TPSA) is 26.0 Å². The molecule has 0 spiro atoms. The van der Waals surface area contributed by atoms with Crippen LogP contribution in [0.1, 0.15) is 39.5 Å². The Morgan fingerprint density at radius 3 is 2.50 bits per heavy atom. The summed E-state index contributed by atoms with van der Waals surface area (Å²) in [6, 6.07) is 0. The number of unbranched alkanes of at least 4 members (excludes halogenated alkanes) is 2. The van der Waals surface area contributed by atoms with E-state index in [2.05, 4.69) is 13.8 Å². The summed E-state index contributed by atoms with van der Waals surface area (Å²) in [5.74, 6) is 0. The fourth-order valence-corrected chi connectivity index (χ4v) is 2.11. The van der Waals surface area contributed by atoms with Crippen molar-refractivity contribution >= 4 is 52.7 Å². The van der Waals surface area contributed by atoms with E-state index in [1.807, 2.05) is 0 Å². The maximum absolute atomic E-state index is 5.39. The van der Waals surface area contributed by atoms with Crippen molar-refractivity contribution < 1.29 is 0 Å². The molecule has 4 heteroatoms. The maximum Gasteiger partial charge on any atom is 0.131 e. The van der Waals surface area contributed by atoms with Gasteiger partial charge in [0, 0.05) is 29.7 Å². The molecule has 0 aromatic carbocycles. The molecule has 12 heavy (non-hydrogen) atoms. The van der Waals surface area contributed by atoms with Gasteiger partial charge in [-0.3, -0.25) is 0 Å². The zero-order chi connectivity index (χ0) is 8.69. The van der Waals surface area contributed by atoms with Crippen molar-refractivity contribution in [1.29, 1.82) is 0 Å². The van der Waals surface area contributed by atoms with Gasteiger partial charge in [0.15, 0.2) is 0 Å².